The number of β-amino-alcohol motifs (C(OH)–C–C–N with tert-alkyl or cyclic N) is 1. The van der Waals surface area contributed by atoms with Gasteiger partial charge in [0.05, 0.1) is 6.10 Å². The summed E-state index contributed by atoms with van der Waals surface area (Å²) in [6.07, 6.45) is -0.254. The van der Waals surface area contributed by atoms with E-state index in [1.165, 1.54) is 0 Å². The van der Waals surface area contributed by atoms with Gasteiger partial charge in [-0.05, 0) is 14.1 Å². The van der Waals surface area contributed by atoms with Crippen molar-refractivity contribution in [3.63, 3.8) is 0 Å². The number of hydrogen-bond donors (Lipinski definition) is 2. The van der Waals surface area contributed by atoms with Crippen molar-refractivity contribution in [1.82, 2.24) is 20.0 Å². The number of nitrogens with one attached hydrogen (secondary N) is 1. The molecule has 5 nitrogen and oxygen atoms in total. The van der Waals surface area contributed by atoms with Gasteiger partial charge in [-0.3, -0.25) is 9.80 Å². The summed E-state index contributed by atoms with van der Waals surface area (Å²) in [6, 6.07) is 0.442. The minimum absolute atomic E-state index is 0.254. The molecule has 0 aromatic heterocycles. The molecule has 1 heterocycles. The number of likely N-dealkylation sites (N-methyl/N-ethyl adjacent to an activating group) is 1. The fourth-order valence-corrected chi connectivity index (χ4v) is 2.27. The van der Waals surface area contributed by atoms with Gasteiger partial charge in [0.25, 0.3) is 0 Å². The molecule has 114 valence electrons. The number of piperazine rings is 1. The largest absolute Gasteiger partial charge is 0.390 e. The Morgan fingerprint density at radius 1 is 1.11 bits per heavy atom. The van der Waals surface area contributed by atoms with E-state index in [0.717, 1.165) is 45.8 Å². The lowest BCUT2D eigenvalue weighted by atomic mass is 10.2. The topological polar surface area (TPSA) is 42.0 Å². The van der Waals surface area contributed by atoms with Crippen LogP contribution in [0, 0.1) is 0 Å². The summed E-state index contributed by atoms with van der Waals surface area (Å²) in [4.78, 5) is 7.11. The van der Waals surface area contributed by atoms with Crippen molar-refractivity contribution < 1.29 is 5.11 Å². The molecular weight excluding hydrogens is 240 g/mol. The highest BCUT2D eigenvalue weighted by Crippen LogP contribution is 2.02. The minimum atomic E-state index is -0.254. The van der Waals surface area contributed by atoms with E-state index in [-0.39, 0.29) is 6.10 Å². The Morgan fingerprint density at radius 2 is 1.68 bits per heavy atom. The molecule has 0 aromatic rings. The maximum absolute atomic E-state index is 9.97. The van der Waals surface area contributed by atoms with Crippen LogP contribution in [0.5, 0.6) is 0 Å². The predicted octanol–water partition coefficient (Wildman–Crippen LogP) is -0.475. The van der Waals surface area contributed by atoms with Gasteiger partial charge in [0, 0.05) is 58.4 Å². The van der Waals surface area contributed by atoms with E-state index in [0.29, 0.717) is 12.6 Å². The normalized spacial score (nSPS) is 20.4. The quantitative estimate of drug-likeness (QED) is 0.625. The first-order valence-corrected chi connectivity index (χ1v) is 7.48. The molecule has 19 heavy (non-hydrogen) atoms. The van der Waals surface area contributed by atoms with Crippen LogP contribution in [0.15, 0.2) is 0 Å². The highest BCUT2D eigenvalue weighted by atomic mass is 16.3. The lowest BCUT2D eigenvalue weighted by molar-refractivity contribution is 0.0696. The second-order valence-corrected chi connectivity index (χ2v) is 6.16. The zero-order chi connectivity index (χ0) is 14.3. The van der Waals surface area contributed by atoms with Crippen molar-refractivity contribution in [2.75, 3.05) is 66.5 Å². The minimum Gasteiger partial charge on any atom is -0.390 e. The Labute approximate surface area is 118 Å². The summed E-state index contributed by atoms with van der Waals surface area (Å²) >= 11 is 0. The highest BCUT2D eigenvalue weighted by molar-refractivity contribution is 4.75. The third-order valence-electron chi connectivity index (χ3n) is 3.56. The van der Waals surface area contributed by atoms with Crippen LogP contribution in [0.1, 0.15) is 13.8 Å². The van der Waals surface area contributed by atoms with Crippen LogP contribution in [0.25, 0.3) is 0 Å². The maximum atomic E-state index is 9.97. The molecule has 1 atom stereocenters. The van der Waals surface area contributed by atoms with Gasteiger partial charge in [-0.1, -0.05) is 13.8 Å². The number of aliphatic hydroxyl groups excluding tert-OH is 1. The molecule has 1 fully saturated rings. The lowest BCUT2D eigenvalue weighted by Crippen LogP contribution is -2.51. The van der Waals surface area contributed by atoms with E-state index >= 15 is 0 Å². The molecule has 1 unspecified atom stereocenters. The number of aliphatic hydroxyl groups is 1. The second kappa shape index (κ2) is 8.87. The molecule has 1 saturated heterocycles. The number of nitrogens with zero attached hydrogens (tertiary/aromatic N) is 3. The molecule has 0 spiro atoms. The molecule has 0 bridgehead atoms. The van der Waals surface area contributed by atoms with Crippen LogP contribution in [0.4, 0.5) is 0 Å². The van der Waals surface area contributed by atoms with Crippen LogP contribution >= 0.6 is 0 Å². The first-order valence-electron chi connectivity index (χ1n) is 7.48. The van der Waals surface area contributed by atoms with Crippen molar-refractivity contribution >= 4 is 0 Å². The number of rotatable bonds is 8. The molecule has 1 rings (SSSR count). The van der Waals surface area contributed by atoms with Gasteiger partial charge in [-0.2, -0.15) is 0 Å². The molecular formula is C14H32N4O. The third-order valence-corrected chi connectivity index (χ3v) is 3.56. The van der Waals surface area contributed by atoms with Crippen molar-refractivity contribution in [3.05, 3.63) is 0 Å². The summed E-state index contributed by atoms with van der Waals surface area (Å²) in [5.41, 5.74) is 0. The van der Waals surface area contributed by atoms with Crippen molar-refractivity contribution in [3.8, 4) is 0 Å². The van der Waals surface area contributed by atoms with Gasteiger partial charge in [-0.15, -0.1) is 0 Å². The van der Waals surface area contributed by atoms with Crippen molar-refractivity contribution in [1.29, 1.82) is 0 Å². The van der Waals surface area contributed by atoms with Crippen LogP contribution < -0.4 is 5.32 Å². The van der Waals surface area contributed by atoms with Gasteiger partial charge in [0.1, 0.15) is 0 Å². The first kappa shape index (κ1) is 16.9. The molecule has 0 aliphatic carbocycles. The molecule has 0 aromatic carbocycles. The summed E-state index contributed by atoms with van der Waals surface area (Å²) in [5.74, 6) is 0. The second-order valence-electron chi connectivity index (χ2n) is 6.16. The van der Waals surface area contributed by atoms with Crippen LogP contribution in [-0.2, 0) is 0 Å². The SMILES string of the molecule is CC(C)NCC(O)CN1CCN(CCN(C)C)CC1. The monoisotopic (exact) mass is 272 g/mol. The van der Waals surface area contributed by atoms with Crippen LogP contribution in [0.2, 0.25) is 0 Å². The van der Waals surface area contributed by atoms with Gasteiger partial charge in [0.2, 0.25) is 0 Å². The van der Waals surface area contributed by atoms with E-state index in [1.54, 1.807) is 0 Å². The van der Waals surface area contributed by atoms with Gasteiger partial charge < -0.3 is 15.3 Å². The summed E-state index contributed by atoms with van der Waals surface area (Å²) in [5, 5.41) is 13.3. The Balaban J connectivity index is 2.12. The smallest absolute Gasteiger partial charge is 0.0791 e. The average molecular weight is 272 g/mol. The van der Waals surface area contributed by atoms with Crippen LogP contribution in [-0.4, -0.2) is 98.4 Å². The van der Waals surface area contributed by atoms with E-state index in [2.05, 4.69) is 48.0 Å². The lowest BCUT2D eigenvalue weighted by Gasteiger charge is -2.36. The summed E-state index contributed by atoms with van der Waals surface area (Å²) in [7, 11) is 4.24. The fourth-order valence-electron chi connectivity index (χ4n) is 2.27. The zero-order valence-corrected chi connectivity index (χ0v) is 13.1. The van der Waals surface area contributed by atoms with Crippen molar-refractivity contribution in [2.24, 2.45) is 0 Å². The Kier molecular flexibility index (Phi) is 7.87. The fraction of sp³-hybridized carbons (Fsp3) is 1.00. The molecule has 1 aliphatic heterocycles. The van der Waals surface area contributed by atoms with Crippen molar-refractivity contribution in [2.45, 2.75) is 26.0 Å². The molecule has 0 radical (unpaired) electrons. The van der Waals surface area contributed by atoms with E-state index in [1.807, 2.05) is 0 Å². The molecule has 0 saturated carbocycles. The molecule has 5 heteroatoms. The summed E-state index contributed by atoms with van der Waals surface area (Å²) < 4.78 is 0. The molecule has 1 aliphatic rings. The third kappa shape index (κ3) is 7.84. The van der Waals surface area contributed by atoms with E-state index in [9.17, 15) is 5.11 Å². The number of hydrogen-bond acceptors (Lipinski definition) is 5. The average Bonchev–Trinajstić information content (AvgIpc) is 2.35. The zero-order valence-electron chi connectivity index (χ0n) is 13.1. The van der Waals surface area contributed by atoms with Crippen LogP contribution in [0.3, 0.4) is 0 Å². The standard InChI is InChI=1S/C14H32N4O/c1-13(2)15-11-14(19)12-18-9-7-17(8-10-18)6-5-16(3)4/h13-15,19H,5-12H2,1-4H3. The van der Waals surface area contributed by atoms with Gasteiger partial charge in [-0.25, -0.2) is 0 Å². The predicted molar refractivity (Wildman–Crippen MR) is 80.6 cm³/mol. The maximum Gasteiger partial charge on any atom is 0.0791 e. The summed E-state index contributed by atoms with van der Waals surface area (Å²) in [6.45, 7) is 12.4. The highest BCUT2D eigenvalue weighted by Gasteiger charge is 2.18. The molecule has 0 amide bonds. The van der Waals surface area contributed by atoms with Gasteiger partial charge in [0.15, 0.2) is 0 Å². The Morgan fingerprint density at radius 3 is 2.21 bits per heavy atom. The first-order chi connectivity index (χ1) is 8.97. The molecule has 2 N–H and O–H groups in total. The Bertz CT molecular complexity index is 227. The van der Waals surface area contributed by atoms with E-state index < -0.39 is 0 Å². The van der Waals surface area contributed by atoms with E-state index in [4.69, 9.17) is 0 Å². The van der Waals surface area contributed by atoms with Gasteiger partial charge >= 0.3 is 0 Å². The Hall–Kier alpha value is -0.200.